The highest BCUT2D eigenvalue weighted by Crippen LogP contribution is 2.39. The summed E-state index contributed by atoms with van der Waals surface area (Å²) in [6.45, 7) is 1.95. The van der Waals surface area contributed by atoms with Crippen molar-refractivity contribution in [1.29, 1.82) is 0 Å². The largest absolute Gasteiger partial charge is 0.278 e. The summed E-state index contributed by atoms with van der Waals surface area (Å²) in [5.41, 5.74) is 1.38. The van der Waals surface area contributed by atoms with E-state index in [4.69, 9.17) is 0 Å². The number of fused-ring (bicyclic) bond motifs is 1. The van der Waals surface area contributed by atoms with E-state index in [0.29, 0.717) is 11.1 Å². The molecule has 2 unspecified atom stereocenters. The molecule has 6 nitrogen and oxygen atoms in total. The second kappa shape index (κ2) is 8.42. The van der Waals surface area contributed by atoms with Crippen molar-refractivity contribution in [3.63, 3.8) is 0 Å². The Morgan fingerprint density at radius 1 is 0.933 bits per heavy atom. The Kier molecular flexibility index (Phi) is 6.04. The second-order valence-electron chi connectivity index (χ2n) is 9.17. The number of rotatable bonds is 5. The Morgan fingerprint density at radius 2 is 1.50 bits per heavy atom. The summed E-state index contributed by atoms with van der Waals surface area (Å²) in [5.74, 6) is -0.544. The summed E-state index contributed by atoms with van der Waals surface area (Å²) in [5, 5.41) is 0. The lowest BCUT2D eigenvalue weighted by molar-refractivity contribution is -0.140. The Bertz CT molecular complexity index is 913. The highest BCUT2D eigenvalue weighted by molar-refractivity contribution is 7.89. The maximum atomic E-state index is 13.4. The van der Waals surface area contributed by atoms with Gasteiger partial charge in [-0.15, -0.1) is 0 Å². The van der Waals surface area contributed by atoms with Gasteiger partial charge in [-0.2, -0.15) is 4.31 Å². The molecule has 2 amide bonds. The quantitative estimate of drug-likeness (QED) is 0.666. The van der Waals surface area contributed by atoms with Crippen molar-refractivity contribution in [2.45, 2.75) is 82.2 Å². The topological polar surface area (TPSA) is 74.8 Å². The lowest BCUT2D eigenvalue weighted by atomic mass is 9.81. The minimum atomic E-state index is -3.63. The van der Waals surface area contributed by atoms with E-state index in [-0.39, 0.29) is 41.1 Å². The highest BCUT2D eigenvalue weighted by Gasteiger charge is 2.48. The summed E-state index contributed by atoms with van der Waals surface area (Å²) < 4.78 is 28.2. The van der Waals surface area contributed by atoms with Gasteiger partial charge in [0.1, 0.15) is 0 Å². The van der Waals surface area contributed by atoms with Crippen molar-refractivity contribution in [1.82, 2.24) is 9.21 Å². The number of benzene rings is 1. The number of hydrogen-bond acceptors (Lipinski definition) is 4. The molecular weight excluding hydrogens is 400 g/mol. The molecule has 1 heterocycles. The average molecular weight is 433 g/mol. The third kappa shape index (κ3) is 3.82. The van der Waals surface area contributed by atoms with Crippen LogP contribution in [0.15, 0.2) is 23.1 Å². The molecule has 0 radical (unpaired) electrons. The number of sulfonamides is 1. The first-order chi connectivity index (χ1) is 14.3. The second-order valence-corrected chi connectivity index (χ2v) is 11.1. The molecule has 1 aromatic rings. The van der Waals surface area contributed by atoms with Crippen molar-refractivity contribution in [2.75, 3.05) is 7.05 Å². The molecule has 3 aliphatic rings. The fraction of sp³-hybridized carbons (Fsp3) is 0.652. The summed E-state index contributed by atoms with van der Waals surface area (Å²) >= 11 is 0. The first-order valence-corrected chi connectivity index (χ1v) is 12.7. The van der Waals surface area contributed by atoms with Crippen molar-refractivity contribution in [3.05, 3.63) is 29.3 Å². The third-order valence-electron chi connectivity index (χ3n) is 7.27. The fourth-order valence-corrected chi connectivity index (χ4v) is 7.07. The van der Waals surface area contributed by atoms with Crippen LogP contribution < -0.4 is 0 Å². The minimum Gasteiger partial charge on any atom is -0.278 e. The van der Waals surface area contributed by atoms with Gasteiger partial charge in [0.05, 0.1) is 23.3 Å². The van der Waals surface area contributed by atoms with Gasteiger partial charge in [-0.1, -0.05) is 44.2 Å². The van der Waals surface area contributed by atoms with Crippen molar-refractivity contribution < 1.29 is 18.0 Å². The highest BCUT2D eigenvalue weighted by atomic mass is 32.2. The van der Waals surface area contributed by atoms with Crippen LogP contribution in [0, 0.1) is 18.8 Å². The van der Waals surface area contributed by atoms with Gasteiger partial charge in [-0.25, -0.2) is 8.42 Å². The summed E-state index contributed by atoms with van der Waals surface area (Å²) in [6.07, 6.45) is 8.64. The first-order valence-electron chi connectivity index (χ1n) is 11.2. The lowest BCUT2D eigenvalue weighted by Crippen LogP contribution is -2.38. The van der Waals surface area contributed by atoms with Gasteiger partial charge >= 0.3 is 0 Å². The minimum absolute atomic E-state index is 0.0386. The first kappa shape index (κ1) is 21.5. The molecule has 2 atom stereocenters. The van der Waals surface area contributed by atoms with Crippen LogP contribution in [0.5, 0.6) is 0 Å². The molecule has 1 aromatic carbocycles. The number of likely N-dealkylation sites (tertiary alicyclic amines) is 1. The van der Waals surface area contributed by atoms with Crippen molar-refractivity contribution >= 4 is 21.8 Å². The summed E-state index contributed by atoms with van der Waals surface area (Å²) in [6, 6.07) is 5.32. The number of carbonyl (C=O) groups is 2. The molecule has 0 spiro atoms. The van der Waals surface area contributed by atoms with E-state index in [2.05, 4.69) is 0 Å². The van der Waals surface area contributed by atoms with Gasteiger partial charge in [0.15, 0.2) is 0 Å². The molecule has 0 N–H and O–H groups in total. The Labute approximate surface area is 179 Å². The number of carbonyl (C=O) groups excluding carboxylic acids is 2. The van der Waals surface area contributed by atoms with Gasteiger partial charge in [-0.05, 0) is 49.8 Å². The third-order valence-corrected chi connectivity index (χ3v) is 9.32. The fourth-order valence-electron chi connectivity index (χ4n) is 5.39. The van der Waals surface area contributed by atoms with Crippen molar-refractivity contribution in [2.24, 2.45) is 11.8 Å². The molecule has 30 heavy (non-hydrogen) atoms. The van der Waals surface area contributed by atoms with Crippen LogP contribution in [0.4, 0.5) is 0 Å². The van der Waals surface area contributed by atoms with Crippen molar-refractivity contribution in [3.8, 4) is 0 Å². The maximum Gasteiger partial charge on any atom is 0.243 e. The van der Waals surface area contributed by atoms with Crippen LogP contribution in [-0.4, -0.2) is 42.5 Å². The van der Waals surface area contributed by atoms with E-state index in [1.165, 1.54) is 15.6 Å². The summed E-state index contributed by atoms with van der Waals surface area (Å²) in [7, 11) is -1.95. The Morgan fingerprint density at radius 3 is 2.10 bits per heavy atom. The van der Waals surface area contributed by atoms with Gasteiger partial charge in [0.2, 0.25) is 21.8 Å². The van der Waals surface area contributed by atoms with E-state index in [1.54, 1.807) is 26.1 Å². The molecule has 4 rings (SSSR count). The summed E-state index contributed by atoms with van der Waals surface area (Å²) in [4.78, 5) is 27.2. The number of amides is 2. The molecule has 7 heteroatoms. The smallest absolute Gasteiger partial charge is 0.243 e. The molecule has 0 bridgehead atoms. The van der Waals surface area contributed by atoms with Gasteiger partial charge in [0, 0.05) is 13.1 Å². The zero-order chi connectivity index (χ0) is 21.5. The van der Waals surface area contributed by atoms with Gasteiger partial charge in [-0.3, -0.25) is 14.5 Å². The molecule has 2 saturated carbocycles. The Balaban J connectivity index is 1.57. The van der Waals surface area contributed by atoms with Gasteiger partial charge < -0.3 is 0 Å². The van der Waals surface area contributed by atoms with Crippen LogP contribution in [0.3, 0.4) is 0 Å². The molecule has 1 aliphatic heterocycles. The number of aryl methyl sites for hydroxylation is 1. The molecule has 0 aromatic heterocycles. The van der Waals surface area contributed by atoms with E-state index in [1.807, 2.05) is 6.07 Å². The predicted molar refractivity (Wildman–Crippen MR) is 114 cm³/mol. The van der Waals surface area contributed by atoms with E-state index in [9.17, 15) is 18.0 Å². The number of imide groups is 1. The van der Waals surface area contributed by atoms with E-state index >= 15 is 0 Å². The SMILES string of the molecule is Cc1ccc(CN2C(=O)C3CCCCC3C2=O)cc1S(=O)(=O)N(C)C1CCCCC1. The lowest BCUT2D eigenvalue weighted by Gasteiger charge is -2.31. The molecular formula is C23H32N2O4S. The van der Waals surface area contributed by atoms with E-state index in [0.717, 1.165) is 51.4 Å². The molecule has 3 fully saturated rings. The number of hydrogen-bond donors (Lipinski definition) is 0. The Hall–Kier alpha value is -1.73. The van der Waals surface area contributed by atoms with Crippen LogP contribution in [-0.2, 0) is 26.2 Å². The molecule has 164 valence electrons. The average Bonchev–Trinajstić information content (AvgIpc) is 3.00. The van der Waals surface area contributed by atoms with Gasteiger partial charge in [0.25, 0.3) is 0 Å². The maximum absolute atomic E-state index is 13.4. The van der Waals surface area contributed by atoms with Crippen LogP contribution >= 0.6 is 0 Å². The normalized spacial score (nSPS) is 25.8. The van der Waals surface area contributed by atoms with Crippen LogP contribution in [0.25, 0.3) is 0 Å². The van der Waals surface area contributed by atoms with Crippen LogP contribution in [0.2, 0.25) is 0 Å². The zero-order valence-electron chi connectivity index (χ0n) is 18.0. The van der Waals surface area contributed by atoms with Crippen LogP contribution in [0.1, 0.15) is 68.9 Å². The predicted octanol–water partition coefficient (Wildman–Crippen LogP) is 3.62. The molecule has 2 aliphatic carbocycles. The monoisotopic (exact) mass is 432 g/mol. The zero-order valence-corrected chi connectivity index (χ0v) is 18.8. The number of nitrogens with zero attached hydrogens (tertiary/aromatic N) is 2. The van der Waals surface area contributed by atoms with E-state index < -0.39 is 10.0 Å². The molecule has 1 saturated heterocycles. The standard InChI is InChI=1S/C23H32N2O4S/c1-16-12-13-17(15-25-22(26)19-10-6-7-11-20(19)23(25)27)14-21(16)30(28,29)24(2)18-8-4-3-5-9-18/h12-14,18-20H,3-11,15H2,1-2H3.